The lowest BCUT2D eigenvalue weighted by Gasteiger charge is -2.22. The van der Waals surface area contributed by atoms with Crippen molar-refractivity contribution >= 4 is 54.5 Å². The van der Waals surface area contributed by atoms with Crippen LogP contribution in [0, 0.1) is 0 Å². The van der Waals surface area contributed by atoms with Crippen molar-refractivity contribution in [2.75, 3.05) is 4.43 Å². The fourth-order valence-electron chi connectivity index (χ4n) is 0.260. The number of hydrogen-bond acceptors (Lipinski definition) is 0. The van der Waals surface area contributed by atoms with Crippen LogP contribution in [0.4, 0.5) is 13.2 Å². The Labute approximate surface area is 87.3 Å². The number of halogens is 6. The van der Waals surface area contributed by atoms with Crippen LogP contribution in [-0.4, -0.2) is 13.8 Å². The van der Waals surface area contributed by atoms with Gasteiger partial charge in [-0.15, -0.1) is 0 Å². The maximum absolute atomic E-state index is 12.7. The summed E-state index contributed by atoms with van der Waals surface area (Å²) in [6, 6.07) is 0. The Hall–Kier alpha value is 1.48. The van der Waals surface area contributed by atoms with Crippen molar-refractivity contribution in [2.24, 2.45) is 0 Å². The van der Waals surface area contributed by atoms with Crippen LogP contribution < -0.4 is 0 Å². The Kier molecular flexibility index (Phi) is 4.51. The molecule has 0 radical (unpaired) electrons. The molecule has 0 amide bonds. The molecule has 0 saturated heterocycles. The highest BCUT2D eigenvalue weighted by atomic mass is 127. The second kappa shape index (κ2) is 3.93. The first-order valence-electron chi connectivity index (χ1n) is 2.32. The molecule has 0 aliphatic rings. The van der Waals surface area contributed by atoms with Crippen LogP contribution in [0.5, 0.6) is 0 Å². The molecule has 1 atom stereocenters. The summed E-state index contributed by atoms with van der Waals surface area (Å²) < 4.78 is 34.8. The largest absolute Gasteiger partial charge is 0.344 e. The Morgan fingerprint density at radius 3 is 1.70 bits per heavy atom. The minimum atomic E-state index is -3.49. The SMILES string of the molecule is FC(F)(Br)C(F)(Br)CCI. The van der Waals surface area contributed by atoms with Gasteiger partial charge in [0.05, 0.1) is 0 Å². The highest BCUT2D eigenvalue weighted by Gasteiger charge is 2.50. The van der Waals surface area contributed by atoms with Crippen LogP contribution >= 0.6 is 54.5 Å². The smallest absolute Gasteiger partial charge is 0.224 e. The number of rotatable bonds is 3. The van der Waals surface area contributed by atoms with Crippen molar-refractivity contribution in [3.8, 4) is 0 Å². The van der Waals surface area contributed by atoms with E-state index in [1.165, 1.54) is 0 Å². The molecule has 0 bridgehead atoms. The third kappa shape index (κ3) is 3.25. The van der Waals surface area contributed by atoms with Gasteiger partial charge < -0.3 is 0 Å². The van der Waals surface area contributed by atoms with Crippen LogP contribution in [0.2, 0.25) is 0 Å². The first-order chi connectivity index (χ1) is 4.31. The van der Waals surface area contributed by atoms with Gasteiger partial charge in [-0.2, -0.15) is 8.78 Å². The molecule has 0 heterocycles. The lowest BCUT2D eigenvalue weighted by molar-refractivity contribution is 0.00399. The summed E-state index contributed by atoms with van der Waals surface area (Å²) in [6.45, 7) is 0. The summed E-state index contributed by atoms with van der Waals surface area (Å²) in [4.78, 5) is -3.49. The molecule has 0 N–H and O–H groups in total. The highest BCUT2D eigenvalue weighted by Crippen LogP contribution is 2.45. The van der Waals surface area contributed by atoms with Gasteiger partial charge in [-0.05, 0) is 31.9 Å². The van der Waals surface area contributed by atoms with E-state index in [-0.39, 0.29) is 6.42 Å². The van der Waals surface area contributed by atoms with Crippen LogP contribution in [0.3, 0.4) is 0 Å². The molecule has 6 heteroatoms. The van der Waals surface area contributed by atoms with Gasteiger partial charge in [0, 0.05) is 10.8 Å². The van der Waals surface area contributed by atoms with Crippen molar-refractivity contribution < 1.29 is 13.2 Å². The van der Waals surface area contributed by atoms with Crippen molar-refractivity contribution in [1.29, 1.82) is 0 Å². The van der Waals surface area contributed by atoms with Crippen LogP contribution in [-0.2, 0) is 0 Å². The molecule has 0 aliphatic heterocycles. The van der Waals surface area contributed by atoms with Gasteiger partial charge in [-0.3, -0.25) is 0 Å². The molecule has 10 heavy (non-hydrogen) atoms. The zero-order valence-electron chi connectivity index (χ0n) is 4.68. The Morgan fingerprint density at radius 1 is 1.20 bits per heavy atom. The van der Waals surface area contributed by atoms with Gasteiger partial charge in [0.15, 0.2) is 0 Å². The van der Waals surface area contributed by atoms with E-state index in [4.69, 9.17) is 0 Å². The maximum Gasteiger partial charge on any atom is 0.344 e. The molecule has 0 aromatic rings. The fourth-order valence-corrected chi connectivity index (χ4v) is 2.14. The van der Waals surface area contributed by atoms with Gasteiger partial charge >= 0.3 is 4.83 Å². The average Bonchev–Trinajstić information content (AvgIpc) is 1.61. The van der Waals surface area contributed by atoms with E-state index >= 15 is 0 Å². The maximum atomic E-state index is 12.7. The minimum Gasteiger partial charge on any atom is -0.224 e. The lowest BCUT2D eigenvalue weighted by Crippen LogP contribution is -2.33. The summed E-state index contributed by atoms with van der Waals surface area (Å²) in [5.41, 5.74) is 0. The summed E-state index contributed by atoms with van der Waals surface area (Å²) in [5.74, 6) is 0. The van der Waals surface area contributed by atoms with Crippen molar-refractivity contribution in [2.45, 2.75) is 15.8 Å². The van der Waals surface area contributed by atoms with Crippen LogP contribution in [0.25, 0.3) is 0 Å². The van der Waals surface area contributed by atoms with E-state index in [9.17, 15) is 13.2 Å². The topological polar surface area (TPSA) is 0 Å². The van der Waals surface area contributed by atoms with Crippen LogP contribution in [0.15, 0.2) is 0 Å². The summed E-state index contributed by atoms with van der Waals surface area (Å²) >= 11 is 6.07. The zero-order valence-corrected chi connectivity index (χ0v) is 10.0. The third-order valence-electron chi connectivity index (χ3n) is 0.823. The number of alkyl halides is 6. The van der Waals surface area contributed by atoms with Crippen LogP contribution in [0.1, 0.15) is 6.42 Å². The molecular weight excluding hydrogens is 392 g/mol. The predicted molar refractivity (Wildman–Crippen MR) is 50.1 cm³/mol. The zero-order chi connectivity index (χ0) is 8.41. The predicted octanol–water partition coefficient (Wildman–Crippen LogP) is 3.86. The van der Waals surface area contributed by atoms with E-state index < -0.39 is 9.41 Å². The van der Waals surface area contributed by atoms with E-state index in [0.29, 0.717) is 4.43 Å². The number of hydrogen-bond donors (Lipinski definition) is 0. The summed E-state index contributed by atoms with van der Waals surface area (Å²) in [5, 5.41) is 0. The quantitative estimate of drug-likeness (QED) is 0.503. The van der Waals surface area contributed by atoms with Gasteiger partial charge in [0.25, 0.3) is 0 Å². The molecule has 62 valence electrons. The second-order valence-electron chi connectivity index (χ2n) is 1.64. The Morgan fingerprint density at radius 2 is 1.60 bits per heavy atom. The molecule has 0 aliphatic carbocycles. The molecule has 0 aromatic heterocycles. The van der Waals surface area contributed by atoms with Gasteiger partial charge in [0.2, 0.25) is 4.58 Å². The van der Waals surface area contributed by atoms with Crippen molar-refractivity contribution in [3.05, 3.63) is 0 Å². The molecule has 0 rings (SSSR count). The fraction of sp³-hybridized carbons (Fsp3) is 1.00. The summed E-state index contributed by atoms with van der Waals surface area (Å²) in [6.07, 6.45) is -0.230. The molecule has 0 saturated carbocycles. The second-order valence-corrected chi connectivity index (χ2v) is 4.97. The molecular formula is C4H4Br2F3I. The normalized spacial score (nSPS) is 18.6. The Bertz CT molecular complexity index is 112. The molecule has 1 unspecified atom stereocenters. The first kappa shape index (κ1) is 11.5. The molecule has 0 spiro atoms. The third-order valence-corrected chi connectivity index (χ3v) is 3.42. The van der Waals surface area contributed by atoms with Gasteiger partial charge in [-0.25, -0.2) is 4.39 Å². The van der Waals surface area contributed by atoms with Gasteiger partial charge in [0.1, 0.15) is 0 Å². The standard InChI is InChI=1S/C4H4Br2F3I/c5-3(7,1-2-10)4(6,8)9/h1-2H2. The van der Waals surface area contributed by atoms with Crippen molar-refractivity contribution in [1.82, 2.24) is 0 Å². The first-order valence-corrected chi connectivity index (χ1v) is 5.43. The summed E-state index contributed by atoms with van der Waals surface area (Å²) in [7, 11) is 0. The molecule has 0 fully saturated rings. The monoisotopic (exact) mass is 394 g/mol. The van der Waals surface area contributed by atoms with Crippen molar-refractivity contribution in [3.63, 3.8) is 0 Å². The minimum absolute atomic E-state index is 0.230. The lowest BCUT2D eigenvalue weighted by atomic mass is 10.3. The molecule has 0 aromatic carbocycles. The molecule has 0 nitrogen and oxygen atoms in total. The van der Waals surface area contributed by atoms with E-state index in [2.05, 4.69) is 15.9 Å². The average molecular weight is 396 g/mol. The Balaban J connectivity index is 4.10. The highest BCUT2D eigenvalue weighted by molar-refractivity contribution is 14.1. The van der Waals surface area contributed by atoms with E-state index in [1.54, 1.807) is 0 Å². The van der Waals surface area contributed by atoms with Gasteiger partial charge in [-0.1, -0.05) is 22.6 Å². The van der Waals surface area contributed by atoms with E-state index in [1.807, 2.05) is 38.5 Å². The van der Waals surface area contributed by atoms with E-state index in [0.717, 1.165) is 0 Å².